The summed E-state index contributed by atoms with van der Waals surface area (Å²) in [5, 5.41) is 9.08. The molecule has 0 fully saturated rings. The molecule has 2 heterocycles. The number of rotatable bonds is 8. The topological polar surface area (TPSA) is 28.2 Å². The van der Waals surface area contributed by atoms with E-state index in [9.17, 15) is 0 Å². The number of thiophene rings is 1. The maximum absolute atomic E-state index is 4.52. The second kappa shape index (κ2) is 7.76. The van der Waals surface area contributed by atoms with Crippen LogP contribution in [0.2, 0.25) is 0 Å². The molecule has 2 rings (SSSR count). The van der Waals surface area contributed by atoms with E-state index >= 15 is 0 Å². The van der Waals surface area contributed by atoms with Gasteiger partial charge in [-0.3, -0.25) is 0 Å². The van der Waals surface area contributed by atoms with Crippen molar-refractivity contribution in [3.05, 3.63) is 33.5 Å². The van der Waals surface area contributed by atoms with Crippen LogP contribution in [-0.2, 0) is 13.0 Å². The Hall–Kier alpha value is -0.910. The molecule has 20 heavy (non-hydrogen) atoms. The molecular formula is C15H23N3S2. The minimum absolute atomic E-state index is 0.489. The van der Waals surface area contributed by atoms with Gasteiger partial charge in [0.15, 0.2) is 5.13 Å². The highest BCUT2D eigenvalue weighted by Gasteiger charge is 2.09. The van der Waals surface area contributed by atoms with Crippen molar-refractivity contribution in [2.75, 3.05) is 18.0 Å². The Labute approximate surface area is 129 Å². The molecule has 0 saturated carbocycles. The predicted molar refractivity (Wildman–Crippen MR) is 90.0 cm³/mol. The molecule has 0 aliphatic rings. The number of hydrogen-bond donors (Lipinski definition) is 1. The zero-order chi connectivity index (χ0) is 14.4. The summed E-state index contributed by atoms with van der Waals surface area (Å²) in [6, 6.07) is 2.69. The molecule has 5 heteroatoms. The van der Waals surface area contributed by atoms with Gasteiger partial charge < -0.3 is 10.2 Å². The largest absolute Gasteiger partial charge is 0.349 e. The van der Waals surface area contributed by atoms with E-state index in [1.807, 2.05) is 6.20 Å². The van der Waals surface area contributed by atoms with Gasteiger partial charge in [-0.1, -0.05) is 0 Å². The molecule has 0 radical (unpaired) electrons. The standard InChI is InChI=1S/C15H23N3S2/c1-4-18(5-2)15-17-10-14(20-15)9-16-12(3)8-13-6-7-19-11-13/h6-7,10-12,16H,4-5,8-9H2,1-3H3. The average molecular weight is 310 g/mol. The van der Waals surface area contributed by atoms with Crippen molar-refractivity contribution in [3.8, 4) is 0 Å². The van der Waals surface area contributed by atoms with Crippen molar-refractivity contribution in [2.24, 2.45) is 0 Å². The summed E-state index contributed by atoms with van der Waals surface area (Å²) in [6.07, 6.45) is 3.09. The molecule has 1 N–H and O–H groups in total. The van der Waals surface area contributed by atoms with Crippen molar-refractivity contribution < 1.29 is 0 Å². The fraction of sp³-hybridized carbons (Fsp3) is 0.533. The van der Waals surface area contributed by atoms with Gasteiger partial charge in [-0.15, -0.1) is 11.3 Å². The highest BCUT2D eigenvalue weighted by atomic mass is 32.1. The average Bonchev–Trinajstić information content (AvgIpc) is 3.10. The monoisotopic (exact) mass is 309 g/mol. The first kappa shape index (κ1) is 15.5. The molecule has 2 aromatic rings. The van der Waals surface area contributed by atoms with E-state index in [-0.39, 0.29) is 0 Å². The first-order chi connectivity index (χ1) is 9.72. The van der Waals surface area contributed by atoms with Crippen molar-refractivity contribution in [3.63, 3.8) is 0 Å². The summed E-state index contributed by atoms with van der Waals surface area (Å²) < 4.78 is 0. The number of hydrogen-bond acceptors (Lipinski definition) is 5. The third-order valence-corrected chi connectivity index (χ3v) is 5.11. The van der Waals surface area contributed by atoms with E-state index < -0.39 is 0 Å². The number of aromatic nitrogens is 1. The third kappa shape index (κ3) is 4.30. The van der Waals surface area contributed by atoms with Gasteiger partial charge in [0.25, 0.3) is 0 Å². The molecule has 0 bridgehead atoms. The Morgan fingerprint density at radius 2 is 2.15 bits per heavy atom. The summed E-state index contributed by atoms with van der Waals surface area (Å²) in [5.74, 6) is 0. The van der Waals surface area contributed by atoms with Crippen molar-refractivity contribution in [1.29, 1.82) is 0 Å². The Bertz CT molecular complexity index is 489. The predicted octanol–water partition coefficient (Wildman–Crippen LogP) is 3.77. The maximum Gasteiger partial charge on any atom is 0.185 e. The Morgan fingerprint density at radius 1 is 1.35 bits per heavy atom. The summed E-state index contributed by atoms with van der Waals surface area (Å²) >= 11 is 3.56. The lowest BCUT2D eigenvalue weighted by atomic mass is 10.1. The molecule has 2 aromatic heterocycles. The number of anilines is 1. The van der Waals surface area contributed by atoms with E-state index in [2.05, 4.69) is 52.8 Å². The summed E-state index contributed by atoms with van der Waals surface area (Å²) in [5.41, 5.74) is 1.42. The maximum atomic E-state index is 4.52. The van der Waals surface area contributed by atoms with Crippen molar-refractivity contribution in [1.82, 2.24) is 10.3 Å². The summed E-state index contributed by atoms with van der Waals surface area (Å²) in [7, 11) is 0. The van der Waals surface area contributed by atoms with Crippen molar-refractivity contribution in [2.45, 2.75) is 39.8 Å². The highest BCUT2D eigenvalue weighted by Crippen LogP contribution is 2.22. The minimum atomic E-state index is 0.489. The molecule has 3 nitrogen and oxygen atoms in total. The van der Waals surface area contributed by atoms with Crippen LogP contribution in [-0.4, -0.2) is 24.1 Å². The van der Waals surface area contributed by atoms with Crippen LogP contribution < -0.4 is 10.2 Å². The summed E-state index contributed by atoms with van der Waals surface area (Å²) in [4.78, 5) is 8.12. The van der Waals surface area contributed by atoms with E-state index in [1.54, 1.807) is 22.7 Å². The van der Waals surface area contributed by atoms with E-state index in [1.165, 1.54) is 10.4 Å². The van der Waals surface area contributed by atoms with Gasteiger partial charge in [0.1, 0.15) is 0 Å². The van der Waals surface area contributed by atoms with Crippen LogP contribution >= 0.6 is 22.7 Å². The van der Waals surface area contributed by atoms with Gasteiger partial charge in [-0.05, 0) is 49.6 Å². The summed E-state index contributed by atoms with van der Waals surface area (Å²) in [6.45, 7) is 9.53. The van der Waals surface area contributed by atoms with Crippen LogP contribution in [0.5, 0.6) is 0 Å². The fourth-order valence-corrected chi connectivity index (χ4v) is 3.80. The molecule has 0 aromatic carbocycles. The van der Waals surface area contributed by atoms with Gasteiger partial charge in [0.2, 0.25) is 0 Å². The van der Waals surface area contributed by atoms with Gasteiger partial charge in [0.05, 0.1) is 0 Å². The fourth-order valence-electron chi connectivity index (χ4n) is 2.13. The van der Waals surface area contributed by atoms with Crippen LogP contribution in [0.3, 0.4) is 0 Å². The van der Waals surface area contributed by atoms with Gasteiger partial charge in [0, 0.05) is 36.8 Å². The molecule has 0 saturated heterocycles. The first-order valence-electron chi connectivity index (χ1n) is 7.17. The molecule has 110 valence electrons. The molecule has 1 atom stereocenters. The Balaban J connectivity index is 1.81. The van der Waals surface area contributed by atoms with Crippen LogP contribution in [0.25, 0.3) is 0 Å². The molecular weight excluding hydrogens is 286 g/mol. The molecule has 1 unspecified atom stereocenters. The smallest absolute Gasteiger partial charge is 0.185 e. The van der Waals surface area contributed by atoms with Crippen LogP contribution in [0.4, 0.5) is 5.13 Å². The van der Waals surface area contributed by atoms with Crippen LogP contribution in [0, 0.1) is 0 Å². The lowest BCUT2D eigenvalue weighted by Gasteiger charge is -2.16. The highest BCUT2D eigenvalue weighted by molar-refractivity contribution is 7.15. The normalized spacial score (nSPS) is 12.6. The molecule has 0 amide bonds. The lowest BCUT2D eigenvalue weighted by Crippen LogP contribution is -2.27. The second-order valence-electron chi connectivity index (χ2n) is 4.90. The van der Waals surface area contributed by atoms with E-state index in [0.29, 0.717) is 6.04 Å². The van der Waals surface area contributed by atoms with E-state index in [0.717, 1.165) is 31.2 Å². The van der Waals surface area contributed by atoms with Gasteiger partial charge in [-0.2, -0.15) is 11.3 Å². The molecule has 0 spiro atoms. The quantitative estimate of drug-likeness (QED) is 0.804. The zero-order valence-electron chi connectivity index (χ0n) is 12.4. The van der Waals surface area contributed by atoms with Gasteiger partial charge >= 0.3 is 0 Å². The Morgan fingerprint density at radius 3 is 2.80 bits per heavy atom. The molecule has 0 aliphatic heterocycles. The lowest BCUT2D eigenvalue weighted by molar-refractivity contribution is 0.549. The number of nitrogens with zero attached hydrogens (tertiary/aromatic N) is 2. The van der Waals surface area contributed by atoms with Crippen molar-refractivity contribution >= 4 is 27.8 Å². The molecule has 0 aliphatic carbocycles. The zero-order valence-corrected chi connectivity index (χ0v) is 14.1. The first-order valence-corrected chi connectivity index (χ1v) is 8.93. The number of thiazole rings is 1. The Kier molecular flexibility index (Phi) is 6.01. The van der Waals surface area contributed by atoms with Gasteiger partial charge in [-0.25, -0.2) is 4.98 Å². The second-order valence-corrected chi connectivity index (χ2v) is 6.77. The SMILES string of the molecule is CCN(CC)c1ncc(CNC(C)Cc2ccsc2)s1. The van der Waals surface area contributed by atoms with Crippen LogP contribution in [0.15, 0.2) is 23.0 Å². The third-order valence-electron chi connectivity index (χ3n) is 3.32. The van der Waals surface area contributed by atoms with Crippen LogP contribution in [0.1, 0.15) is 31.2 Å². The minimum Gasteiger partial charge on any atom is -0.349 e. The number of nitrogens with one attached hydrogen (secondary N) is 1. The van der Waals surface area contributed by atoms with E-state index in [4.69, 9.17) is 0 Å².